The molecule has 5 heteroatoms. The first kappa shape index (κ1) is 11.3. The van der Waals surface area contributed by atoms with Crippen LogP contribution in [0.25, 0.3) is 0 Å². The van der Waals surface area contributed by atoms with Crippen LogP contribution in [0.3, 0.4) is 0 Å². The zero-order valence-corrected chi connectivity index (χ0v) is 9.88. The number of hydrogen-bond donors (Lipinski definition) is 1. The highest BCUT2D eigenvalue weighted by Gasteiger charge is 2.02. The van der Waals surface area contributed by atoms with Crippen molar-refractivity contribution in [3.05, 3.63) is 36.2 Å². The smallest absolute Gasteiger partial charge is 0.200 e. The molecule has 5 nitrogen and oxygen atoms in total. The van der Waals surface area contributed by atoms with Gasteiger partial charge in [-0.15, -0.1) is 0 Å². The summed E-state index contributed by atoms with van der Waals surface area (Å²) in [4.78, 5) is 4.15. The maximum atomic E-state index is 5.63. The van der Waals surface area contributed by atoms with Crippen LogP contribution in [0, 0.1) is 0 Å². The molecule has 0 spiro atoms. The molecule has 2 rings (SSSR count). The minimum atomic E-state index is 0.400. The van der Waals surface area contributed by atoms with Gasteiger partial charge in [-0.2, -0.15) is 0 Å². The summed E-state index contributed by atoms with van der Waals surface area (Å²) >= 11 is 0. The quantitative estimate of drug-likeness (QED) is 0.871. The molecule has 1 aromatic carbocycles. The van der Waals surface area contributed by atoms with Crippen LogP contribution in [0.4, 0.5) is 5.95 Å². The Labute approximate surface area is 99.8 Å². The molecule has 2 aromatic rings. The second-order valence-corrected chi connectivity index (χ2v) is 3.67. The average molecular weight is 233 g/mol. The maximum Gasteiger partial charge on any atom is 0.200 e. The Hall–Kier alpha value is -2.17. The number of methoxy groups -OCH3 is 1. The van der Waals surface area contributed by atoms with Crippen LogP contribution >= 0.6 is 0 Å². The summed E-state index contributed by atoms with van der Waals surface area (Å²) < 4.78 is 12.4. The molecule has 0 aliphatic carbocycles. The summed E-state index contributed by atoms with van der Waals surface area (Å²) in [5.74, 6) is 2.06. The molecule has 0 fully saturated rings. The van der Waals surface area contributed by atoms with E-state index in [1.165, 1.54) is 0 Å². The number of anilines is 1. The largest absolute Gasteiger partial charge is 0.497 e. The van der Waals surface area contributed by atoms with Crippen molar-refractivity contribution >= 4 is 5.95 Å². The number of ether oxygens (including phenoxy) is 2. The Morgan fingerprint density at radius 3 is 2.41 bits per heavy atom. The second kappa shape index (κ2) is 4.78. The minimum absolute atomic E-state index is 0.400. The Morgan fingerprint density at radius 1 is 1.24 bits per heavy atom. The fourth-order valence-corrected chi connectivity index (χ4v) is 1.44. The average Bonchev–Trinajstić information content (AvgIpc) is 2.67. The van der Waals surface area contributed by atoms with Crippen molar-refractivity contribution in [3.63, 3.8) is 0 Å². The lowest BCUT2D eigenvalue weighted by Gasteiger charge is -2.05. The first-order valence-corrected chi connectivity index (χ1v) is 5.23. The van der Waals surface area contributed by atoms with Crippen molar-refractivity contribution in [2.45, 2.75) is 6.61 Å². The van der Waals surface area contributed by atoms with E-state index in [1.807, 2.05) is 37.5 Å². The van der Waals surface area contributed by atoms with Crippen LogP contribution in [-0.2, 0) is 13.7 Å². The van der Waals surface area contributed by atoms with E-state index in [-0.39, 0.29) is 0 Å². The van der Waals surface area contributed by atoms with Gasteiger partial charge in [-0.3, -0.25) is 0 Å². The van der Waals surface area contributed by atoms with Crippen molar-refractivity contribution in [3.8, 4) is 11.5 Å². The van der Waals surface area contributed by atoms with Gasteiger partial charge in [0.25, 0.3) is 0 Å². The standard InChI is InChI=1S/C12H15N3O2/c1-15-7-9(14-12(15)13)8-17-11-5-3-10(16-2)4-6-11/h3-7H,8H2,1-2H3,(H2,13,14). The lowest BCUT2D eigenvalue weighted by molar-refractivity contribution is 0.301. The van der Waals surface area contributed by atoms with Gasteiger partial charge in [0.1, 0.15) is 18.1 Å². The van der Waals surface area contributed by atoms with Crippen LogP contribution < -0.4 is 15.2 Å². The normalized spacial score (nSPS) is 10.2. The summed E-state index contributed by atoms with van der Waals surface area (Å²) in [6.07, 6.45) is 1.85. The highest BCUT2D eigenvalue weighted by molar-refractivity contribution is 5.31. The predicted octanol–water partition coefficient (Wildman–Crippen LogP) is 1.59. The number of aromatic nitrogens is 2. The second-order valence-electron chi connectivity index (χ2n) is 3.67. The van der Waals surface area contributed by atoms with Gasteiger partial charge >= 0.3 is 0 Å². The molecule has 0 aliphatic rings. The Bertz CT molecular complexity index is 471. The van der Waals surface area contributed by atoms with Gasteiger partial charge in [0.2, 0.25) is 0 Å². The van der Waals surface area contributed by atoms with E-state index in [2.05, 4.69) is 4.98 Å². The molecule has 2 N–H and O–H groups in total. The number of rotatable bonds is 4. The van der Waals surface area contributed by atoms with Gasteiger partial charge < -0.3 is 19.8 Å². The molecule has 0 bridgehead atoms. The summed E-state index contributed by atoms with van der Waals surface area (Å²) in [5.41, 5.74) is 6.43. The summed E-state index contributed by atoms with van der Waals surface area (Å²) in [6.45, 7) is 0.400. The Balaban J connectivity index is 1.97. The molecule has 1 heterocycles. The van der Waals surface area contributed by atoms with E-state index < -0.39 is 0 Å². The molecule has 0 unspecified atom stereocenters. The number of nitrogens with two attached hydrogens (primary N) is 1. The van der Waals surface area contributed by atoms with Gasteiger partial charge in [-0.05, 0) is 24.3 Å². The molecular formula is C12H15N3O2. The molecule has 17 heavy (non-hydrogen) atoms. The van der Waals surface area contributed by atoms with Gasteiger partial charge in [0.05, 0.1) is 12.8 Å². The van der Waals surface area contributed by atoms with Crippen LogP contribution in [-0.4, -0.2) is 16.7 Å². The third-order valence-corrected chi connectivity index (χ3v) is 2.41. The van der Waals surface area contributed by atoms with Crippen LogP contribution in [0.2, 0.25) is 0 Å². The van der Waals surface area contributed by atoms with Crippen LogP contribution in [0.1, 0.15) is 5.69 Å². The number of benzene rings is 1. The number of nitrogen functional groups attached to an aromatic ring is 1. The number of imidazole rings is 1. The highest BCUT2D eigenvalue weighted by Crippen LogP contribution is 2.18. The van der Waals surface area contributed by atoms with Gasteiger partial charge in [0, 0.05) is 13.2 Å². The fraction of sp³-hybridized carbons (Fsp3) is 0.250. The van der Waals surface area contributed by atoms with Crippen molar-refractivity contribution in [1.29, 1.82) is 0 Å². The fourth-order valence-electron chi connectivity index (χ4n) is 1.44. The van der Waals surface area contributed by atoms with Crippen LogP contribution in [0.15, 0.2) is 30.5 Å². The molecule has 90 valence electrons. The molecule has 0 atom stereocenters. The van der Waals surface area contributed by atoms with Gasteiger partial charge in [0.15, 0.2) is 5.95 Å². The van der Waals surface area contributed by atoms with Crippen molar-refractivity contribution in [1.82, 2.24) is 9.55 Å². The van der Waals surface area contributed by atoms with Crippen molar-refractivity contribution < 1.29 is 9.47 Å². The van der Waals surface area contributed by atoms with E-state index in [4.69, 9.17) is 15.2 Å². The molecule has 0 saturated carbocycles. The van der Waals surface area contributed by atoms with Crippen molar-refractivity contribution in [2.24, 2.45) is 7.05 Å². The van der Waals surface area contributed by atoms with Crippen LogP contribution in [0.5, 0.6) is 11.5 Å². The SMILES string of the molecule is COc1ccc(OCc2cn(C)c(N)n2)cc1. The summed E-state index contributed by atoms with van der Waals surface area (Å²) in [5, 5.41) is 0. The minimum Gasteiger partial charge on any atom is -0.497 e. The summed E-state index contributed by atoms with van der Waals surface area (Å²) in [6, 6.07) is 7.40. The van der Waals surface area contributed by atoms with Crippen molar-refractivity contribution in [2.75, 3.05) is 12.8 Å². The van der Waals surface area contributed by atoms with E-state index >= 15 is 0 Å². The third kappa shape index (κ3) is 2.69. The van der Waals surface area contributed by atoms with E-state index in [0.29, 0.717) is 12.6 Å². The number of aryl methyl sites for hydroxylation is 1. The zero-order chi connectivity index (χ0) is 12.3. The molecule has 0 aliphatic heterocycles. The molecular weight excluding hydrogens is 218 g/mol. The van der Waals surface area contributed by atoms with E-state index in [1.54, 1.807) is 11.7 Å². The Morgan fingerprint density at radius 2 is 1.88 bits per heavy atom. The molecule has 0 saturated heterocycles. The highest BCUT2D eigenvalue weighted by atomic mass is 16.5. The first-order chi connectivity index (χ1) is 8.19. The third-order valence-electron chi connectivity index (χ3n) is 2.41. The molecule has 0 amide bonds. The molecule has 1 aromatic heterocycles. The van der Waals surface area contributed by atoms with E-state index in [0.717, 1.165) is 17.2 Å². The lowest BCUT2D eigenvalue weighted by atomic mass is 10.3. The van der Waals surface area contributed by atoms with E-state index in [9.17, 15) is 0 Å². The first-order valence-electron chi connectivity index (χ1n) is 5.23. The number of hydrogen-bond acceptors (Lipinski definition) is 4. The topological polar surface area (TPSA) is 62.3 Å². The summed E-state index contributed by atoms with van der Waals surface area (Å²) in [7, 11) is 3.48. The number of nitrogens with zero attached hydrogens (tertiary/aromatic N) is 2. The van der Waals surface area contributed by atoms with Gasteiger partial charge in [-0.1, -0.05) is 0 Å². The zero-order valence-electron chi connectivity index (χ0n) is 9.88. The van der Waals surface area contributed by atoms with Gasteiger partial charge in [-0.25, -0.2) is 4.98 Å². The predicted molar refractivity (Wildman–Crippen MR) is 64.9 cm³/mol. The molecule has 0 radical (unpaired) electrons. The maximum absolute atomic E-state index is 5.63. The monoisotopic (exact) mass is 233 g/mol. The lowest BCUT2D eigenvalue weighted by Crippen LogP contribution is -1.96. The Kier molecular flexibility index (Phi) is 3.18.